The van der Waals surface area contributed by atoms with Crippen molar-refractivity contribution in [3.05, 3.63) is 36.0 Å². The minimum Gasteiger partial charge on any atom is -0.368 e. The van der Waals surface area contributed by atoms with E-state index in [1.165, 1.54) is 10.9 Å². The van der Waals surface area contributed by atoms with Crippen LogP contribution >= 0.6 is 0 Å². The van der Waals surface area contributed by atoms with Crippen LogP contribution in [0.1, 0.15) is 31.2 Å². The Hall–Kier alpha value is -2.87. The summed E-state index contributed by atoms with van der Waals surface area (Å²) in [6.07, 6.45) is 5.97. The van der Waals surface area contributed by atoms with Crippen molar-refractivity contribution in [1.82, 2.24) is 15.2 Å². The Balaban J connectivity index is 1.20. The highest BCUT2D eigenvalue weighted by atomic mass is 16.5. The predicted molar refractivity (Wildman–Crippen MR) is 111 cm³/mol. The topological polar surface area (TPSA) is 118 Å². The second kappa shape index (κ2) is 8.47. The van der Waals surface area contributed by atoms with E-state index in [-0.39, 0.29) is 36.5 Å². The van der Waals surface area contributed by atoms with E-state index < -0.39 is 5.91 Å². The van der Waals surface area contributed by atoms with Gasteiger partial charge < -0.3 is 25.7 Å². The molecule has 2 fully saturated rings. The number of hydrogen-bond donors (Lipinski definition) is 3. The van der Waals surface area contributed by atoms with Gasteiger partial charge in [0.25, 0.3) is 0 Å². The van der Waals surface area contributed by atoms with E-state index in [2.05, 4.69) is 16.4 Å². The molecule has 30 heavy (non-hydrogen) atoms. The van der Waals surface area contributed by atoms with Gasteiger partial charge in [-0.1, -0.05) is 18.2 Å². The van der Waals surface area contributed by atoms with Crippen molar-refractivity contribution in [3.63, 3.8) is 0 Å². The molecule has 1 aliphatic carbocycles. The van der Waals surface area contributed by atoms with E-state index >= 15 is 0 Å². The molecule has 0 radical (unpaired) electrons. The largest absolute Gasteiger partial charge is 0.368 e. The number of carbonyl (C=O) groups excluding carboxylic acids is 3. The van der Waals surface area contributed by atoms with E-state index in [0.29, 0.717) is 6.42 Å². The van der Waals surface area contributed by atoms with Crippen LogP contribution in [0.4, 0.5) is 0 Å². The van der Waals surface area contributed by atoms with Crippen LogP contribution in [-0.2, 0) is 25.5 Å². The molecule has 2 heterocycles. The van der Waals surface area contributed by atoms with Gasteiger partial charge in [0.1, 0.15) is 13.2 Å². The number of primary amides is 1. The fraction of sp³-hybridized carbons (Fsp3) is 0.500. The van der Waals surface area contributed by atoms with Crippen LogP contribution in [0.3, 0.4) is 0 Å². The Kier molecular flexibility index (Phi) is 5.76. The molecule has 8 heteroatoms. The van der Waals surface area contributed by atoms with Crippen molar-refractivity contribution in [2.24, 2.45) is 11.1 Å². The van der Waals surface area contributed by atoms with Crippen LogP contribution in [0.25, 0.3) is 10.9 Å². The lowest BCUT2D eigenvalue weighted by atomic mass is 9.92. The molecule has 3 amide bonds. The Morgan fingerprint density at radius 1 is 1.20 bits per heavy atom. The molecule has 1 unspecified atom stereocenters. The Labute approximate surface area is 175 Å². The Morgan fingerprint density at radius 3 is 2.73 bits per heavy atom. The number of aromatic amines is 1. The lowest BCUT2D eigenvalue weighted by molar-refractivity contribution is -0.133. The first-order chi connectivity index (χ1) is 14.5. The highest BCUT2D eigenvalue weighted by Crippen LogP contribution is 2.53. The quantitative estimate of drug-likeness (QED) is 0.602. The number of para-hydroxylation sites is 1. The maximum atomic E-state index is 12.7. The number of benzene rings is 1. The summed E-state index contributed by atoms with van der Waals surface area (Å²) in [4.78, 5) is 40.4. The summed E-state index contributed by atoms with van der Waals surface area (Å²) in [5.74, 6) is -0.626. The molecular weight excluding hydrogens is 384 g/mol. The van der Waals surface area contributed by atoms with Crippen molar-refractivity contribution in [2.45, 2.75) is 38.1 Å². The van der Waals surface area contributed by atoms with Gasteiger partial charge in [0.05, 0.1) is 0 Å². The van der Waals surface area contributed by atoms with Gasteiger partial charge in [-0.3, -0.25) is 14.4 Å². The molecule has 1 atom stereocenters. The molecule has 1 spiro atoms. The Morgan fingerprint density at radius 2 is 1.97 bits per heavy atom. The lowest BCUT2D eigenvalue weighted by Crippen LogP contribution is -2.42. The van der Waals surface area contributed by atoms with E-state index in [9.17, 15) is 14.4 Å². The van der Waals surface area contributed by atoms with Crippen LogP contribution < -0.4 is 11.1 Å². The number of fused-ring (bicyclic) bond motifs is 1. The number of aryl methyl sites for hydroxylation is 1. The SMILES string of the molecule is NC(=O)COCC(=O)NC1CC12CCN(C(=O)CCc1c[nH]c3ccccc13)CC2. The zero-order valence-electron chi connectivity index (χ0n) is 17.0. The number of H-pyrrole nitrogens is 1. The number of nitrogens with zero attached hydrogens (tertiary/aromatic N) is 1. The molecule has 1 aromatic heterocycles. The molecule has 1 saturated carbocycles. The maximum absolute atomic E-state index is 12.7. The van der Waals surface area contributed by atoms with Crippen LogP contribution in [0, 0.1) is 5.41 Å². The molecule has 1 saturated heterocycles. The average Bonchev–Trinajstić information content (AvgIpc) is 3.20. The third-order valence-electron chi connectivity index (χ3n) is 6.40. The fourth-order valence-corrected chi connectivity index (χ4v) is 4.52. The second-order valence-corrected chi connectivity index (χ2v) is 8.39. The summed E-state index contributed by atoms with van der Waals surface area (Å²) in [5.41, 5.74) is 7.37. The highest BCUT2D eigenvalue weighted by molar-refractivity contribution is 5.84. The highest BCUT2D eigenvalue weighted by Gasteiger charge is 2.55. The van der Waals surface area contributed by atoms with Gasteiger partial charge in [0.15, 0.2) is 0 Å². The normalized spacial score (nSPS) is 19.7. The number of amides is 3. The van der Waals surface area contributed by atoms with Gasteiger partial charge >= 0.3 is 0 Å². The van der Waals surface area contributed by atoms with E-state index in [1.54, 1.807) is 0 Å². The summed E-state index contributed by atoms with van der Waals surface area (Å²) >= 11 is 0. The number of carbonyl (C=O) groups is 3. The van der Waals surface area contributed by atoms with Crippen molar-refractivity contribution in [1.29, 1.82) is 0 Å². The molecule has 2 aliphatic rings. The monoisotopic (exact) mass is 412 g/mol. The standard InChI is InChI=1S/C22H28N4O4/c23-19(27)13-30-14-20(28)25-18-11-22(18)7-9-26(10-8-22)21(29)6-5-15-12-24-17-4-2-1-3-16(15)17/h1-4,12,18,24H,5-11,13-14H2,(H2,23,27)(H,25,28). The van der Waals surface area contributed by atoms with Crippen LogP contribution in [-0.4, -0.2) is 60.0 Å². The average molecular weight is 412 g/mol. The number of nitrogens with two attached hydrogens (primary N) is 1. The van der Waals surface area contributed by atoms with Crippen LogP contribution in [0.2, 0.25) is 0 Å². The number of nitrogens with one attached hydrogen (secondary N) is 2. The number of likely N-dealkylation sites (tertiary alicyclic amines) is 1. The first-order valence-corrected chi connectivity index (χ1v) is 10.4. The van der Waals surface area contributed by atoms with Crippen LogP contribution in [0.15, 0.2) is 30.5 Å². The van der Waals surface area contributed by atoms with Crippen molar-refractivity contribution in [3.8, 4) is 0 Å². The number of hydrogen-bond acceptors (Lipinski definition) is 4. The van der Waals surface area contributed by atoms with Crippen molar-refractivity contribution in [2.75, 3.05) is 26.3 Å². The summed E-state index contributed by atoms with van der Waals surface area (Å²) in [7, 11) is 0. The number of ether oxygens (including phenoxy) is 1. The van der Waals surface area contributed by atoms with Crippen molar-refractivity contribution >= 4 is 28.6 Å². The molecule has 4 rings (SSSR count). The van der Waals surface area contributed by atoms with E-state index in [0.717, 1.165) is 44.3 Å². The van der Waals surface area contributed by atoms with Gasteiger partial charge in [-0.05, 0) is 42.7 Å². The smallest absolute Gasteiger partial charge is 0.246 e. The summed E-state index contributed by atoms with van der Waals surface area (Å²) < 4.78 is 4.95. The molecule has 4 N–H and O–H groups in total. The van der Waals surface area contributed by atoms with Gasteiger partial charge in [-0.2, -0.15) is 0 Å². The first kappa shape index (κ1) is 20.4. The lowest BCUT2D eigenvalue weighted by Gasteiger charge is -2.33. The molecule has 1 aromatic carbocycles. The van der Waals surface area contributed by atoms with Gasteiger partial charge in [0.2, 0.25) is 17.7 Å². The zero-order valence-corrected chi connectivity index (χ0v) is 17.0. The molecular formula is C22H28N4O4. The fourth-order valence-electron chi connectivity index (χ4n) is 4.52. The minimum atomic E-state index is -0.590. The second-order valence-electron chi connectivity index (χ2n) is 8.39. The Bertz CT molecular complexity index is 946. The summed E-state index contributed by atoms with van der Waals surface area (Å²) in [6, 6.07) is 8.26. The molecule has 0 bridgehead atoms. The van der Waals surface area contributed by atoms with E-state index in [1.807, 2.05) is 29.3 Å². The maximum Gasteiger partial charge on any atom is 0.246 e. The molecule has 160 valence electrons. The zero-order chi connectivity index (χ0) is 21.1. The van der Waals surface area contributed by atoms with Crippen molar-refractivity contribution < 1.29 is 19.1 Å². The number of rotatable bonds is 8. The molecule has 2 aromatic rings. The minimum absolute atomic E-state index is 0.104. The number of aromatic nitrogens is 1. The third-order valence-corrected chi connectivity index (χ3v) is 6.40. The molecule has 8 nitrogen and oxygen atoms in total. The first-order valence-electron chi connectivity index (χ1n) is 10.4. The van der Waals surface area contributed by atoms with Crippen LogP contribution in [0.5, 0.6) is 0 Å². The van der Waals surface area contributed by atoms with Gasteiger partial charge in [0, 0.05) is 42.7 Å². The van der Waals surface area contributed by atoms with Gasteiger partial charge in [-0.25, -0.2) is 0 Å². The predicted octanol–water partition coefficient (Wildman–Crippen LogP) is 1.10. The summed E-state index contributed by atoms with van der Waals surface area (Å²) in [5, 5.41) is 4.15. The van der Waals surface area contributed by atoms with Gasteiger partial charge in [-0.15, -0.1) is 0 Å². The van der Waals surface area contributed by atoms with E-state index in [4.69, 9.17) is 10.5 Å². The third kappa shape index (κ3) is 4.48. The summed E-state index contributed by atoms with van der Waals surface area (Å²) in [6.45, 7) is 1.06. The number of piperidine rings is 1. The molecule has 1 aliphatic heterocycles.